The minimum Gasteiger partial charge on any atom is -0.369 e. The van der Waals surface area contributed by atoms with E-state index in [0.717, 1.165) is 62.1 Å². The zero-order chi connectivity index (χ0) is 24.2. The quantitative estimate of drug-likeness (QED) is 0.396. The molecule has 3 aliphatic heterocycles. The number of fused-ring (bicyclic) bond motifs is 1. The van der Waals surface area contributed by atoms with Crippen molar-refractivity contribution >= 4 is 40.9 Å². The monoisotopic (exact) mass is 487 g/mol. The van der Waals surface area contributed by atoms with E-state index >= 15 is 0 Å². The molecule has 8 nitrogen and oxygen atoms in total. The molecule has 1 atom stereocenters. The highest BCUT2D eigenvalue weighted by molar-refractivity contribution is 6.30. The van der Waals surface area contributed by atoms with Gasteiger partial charge in [-0.25, -0.2) is 9.37 Å². The van der Waals surface area contributed by atoms with E-state index in [1.54, 1.807) is 14.1 Å². The first kappa shape index (κ1) is 24.7. The number of rotatable bonds is 9. The van der Waals surface area contributed by atoms with Crippen molar-refractivity contribution in [2.24, 2.45) is 4.99 Å². The van der Waals surface area contributed by atoms with Gasteiger partial charge in [-0.2, -0.15) is 0 Å². The minimum atomic E-state index is -0.498. The number of benzene rings is 1. The molecule has 0 aliphatic carbocycles. The average Bonchev–Trinajstić information content (AvgIpc) is 3.20. The fourth-order valence-electron chi connectivity index (χ4n) is 4.96. The Morgan fingerprint density at radius 2 is 1.76 bits per heavy atom. The molecule has 2 fully saturated rings. The van der Waals surface area contributed by atoms with Gasteiger partial charge in [-0.1, -0.05) is 43.9 Å². The first-order chi connectivity index (χ1) is 16.4. The molecule has 4 rings (SSSR count). The van der Waals surface area contributed by atoms with Crippen molar-refractivity contribution in [1.82, 2.24) is 14.7 Å². The maximum atomic E-state index is 13.1. The molecular weight excluding hydrogens is 452 g/mol. The number of imide groups is 1. The first-order valence-electron chi connectivity index (χ1n) is 12.4. The lowest BCUT2D eigenvalue weighted by atomic mass is 10.1. The van der Waals surface area contributed by atoms with Crippen LogP contribution in [0.25, 0.3) is 0 Å². The van der Waals surface area contributed by atoms with Crippen LogP contribution in [-0.4, -0.2) is 102 Å². The number of hydrogen-bond acceptors (Lipinski definition) is 5. The molecule has 3 amide bonds. The smallest absolute Gasteiger partial charge is 0.333 e. The van der Waals surface area contributed by atoms with Crippen molar-refractivity contribution in [1.29, 1.82) is 0 Å². The van der Waals surface area contributed by atoms with Gasteiger partial charge in [0.05, 0.1) is 6.54 Å². The second-order valence-electron chi connectivity index (χ2n) is 9.38. The van der Waals surface area contributed by atoms with Crippen molar-refractivity contribution in [3.63, 3.8) is 0 Å². The molecule has 1 aromatic carbocycles. The SMILES string of the molecule is CCCCCCC[N+]1=C(CN2CCN(c3cccc(Cl)c3)CC2)N=C2C1C(=O)N(C)C(=O)N2C. The highest BCUT2D eigenvalue weighted by atomic mass is 35.5. The Morgan fingerprint density at radius 3 is 2.47 bits per heavy atom. The number of carbonyl (C=O) groups is 2. The number of amides is 3. The van der Waals surface area contributed by atoms with E-state index in [1.165, 1.54) is 29.1 Å². The largest absolute Gasteiger partial charge is 0.369 e. The van der Waals surface area contributed by atoms with E-state index in [4.69, 9.17) is 16.6 Å². The number of anilines is 1. The van der Waals surface area contributed by atoms with Crippen molar-refractivity contribution in [2.75, 3.05) is 58.3 Å². The van der Waals surface area contributed by atoms with Crippen LogP contribution in [0.5, 0.6) is 0 Å². The highest BCUT2D eigenvalue weighted by Gasteiger charge is 2.52. The van der Waals surface area contributed by atoms with Crippen LogP contribution in [0, 0.1) is 0 Å². The van der Waals surface area contributed by atoms with Crippen LogP contribution in [0.15, 0.2) is 29.3 Å². The number of nitrogens with zero attached hydrogens (tertiary/aromatic N) is 6. The second kappa shape index (κ2) is 10.9. The Morgan fingerprint density at radius 1 is 1.03 bits per heavy atom. The molecule has 0 N–H and O–H groups in total. The molecule has 0 bridgehead atoms. The average molecular weight is 488 g/mol. The summed E-state index contributed by atoms with van der Waals surface area (Å²) in [6.45, 7) is 7.28. The highest BCUT2D eigenvalue weighted by Crippen LogP contribution is 2.22. The summed E-state index contributed by atoms with van der Waals surface area (Å²) < 4.78 is 2.15. The summed E-state index contributed by atoms with van der Waals surface area (Å²) >= 11 is 6.18. The number of urea groups is 1. The molecule has 1 unspecified atom stereocenters. The van der Waals surface area contributed by atoms with Crippen LogP contribution in [0.4, 0.5) is 10.5 Å². The van der Waals surface area contributed by atoms with Gasteiger partial charge in [0.15, 0.2) is 0 Å². The van der Waals surface area contributed by atoms with Crippen LogP contribution < -0.4 is 4.90 Å². The van der Waals surface area contributed by atoms with Gasteiger partial charge in [-0.3, -0.25) is 19.5 Å². The van der Waals surface area contributed by atoms with E-state index in [0.29, 0.717) is 12.4 Å². The summed E-state index contributed by atoms with van der Waals surface area (Å²) in [5.74, 6) is 1.28. The molecule has 2 saturated heterocycles. The number of halogens is 1. The molecule has 184 valence electrons. The summed E-state index contributed by atoms with van der Waals surface area (Å²) in [7, 11) is 3.27. The Balaban J connectivity index is 1.47. The molecule has 0 saturated carbocycles. The Bertz CT molecular complexity index is 985. The molecule has 34 heavy (non-hydrogen) atoms. The third kappa shape index (κ3) is 5.13. The van der Waals surface area contributed by atoms with E-state index in [9.17, 15) is 9.59 Å². The number of likely N-dealkylation sites (N-methyl/N-ethyl adjacent to an activating group) is 2. The fourth-order valence-corrected chi connectivity index (χ4v) is 5.14. The summed E-state index contributed by atoms with van der Waals surface area (Å²) in [6.07, 6.45) is 5.79. The third-order valence-electron chi connectivity index (χ3n) is 7.03. The lowest BCUT2D eigenvalue weighted by Gasteiger charge is -2.35. The zero-order valence-corrected chi connectivity index (χ0v) is 21.3. The van der Waals surface area contributed by atoms with Crippen LogP contribution in [0.2, 0.25) is 5.02 Å². The Hall–Kier alpha value is -2.45. The number of amidine groups is 2. The number of unbranched alkanes of at least 4 members (excludes halogenated alkanes) is 4. The Labute approximate surface area is 207 Å². The van der Waals surface area contributed by atoms with Gasteiger partial charge >= 0.3 is 11.9 Å². The van der Waals surface area contributed by atoms with Gasteiger partial charge < -0.3 is 4.90 Å². The van der Waals surface area contributed by atoms with Crippen molar-refractivity contribution in [3.8, 4) is 0 Å². The lowest BCUT2D eigenvalue weighted by molar-refractivity contribution is -0.537. The second-order valence-corrected chi connectivity index (χ2v) is 9.81. The molecule has 3 aliphatic rings. The predicted molar refractivity (Wildman–Crippen MR) is 136 cm³/mol. The Kier molecular flexibility index (Phi) is 7.88. The van der Waals surface area contributed by atoms with Gasteiger partial charge in [0, 0.05) is 51.0 Å². The van der Waals surface area contributed by atoms with Crippen LogP contribution in [0.1, 0.15) is 39.0 Å². The van der Waals surface area contributed by atoms with Crippen molar-refractivity contribution in [3.05, 3.63) is 29.3 Å². The first-order valence-corrected chi connectivity index (χ1v) is 12.8. The van der Waals surface area contributed by atoms with Crippen LogP contribution >= 0.6 is 11.6 Å². The minimum absolute atomic E-state index is 0.184. The van der Waals surface area contributed by atoms with Gasteiger partial charge in [-0.05, 0) is 36.0 Å². The van der Waals surface area contributed by atoms with E-state index in [2.05, 4.69) is 27.4 Å². The van der Waals surface area contributed by atoms with Gasteiger partial charge in [0.25, 0.3) is 17.8 Å². The molecular formula is C25H36ClN6O2+. The number of carbonyl (C=O) groups excluding carboxylic acids is 2. The fraction of sp³-hybridized carbons (Fsp3) is 0.600. The van der Waals surface area contributed by atoms with Gasteiger partial charge in [0.1, 0.15) is 6.54 Å². The van der Waals surface area contributed by atoms with Crippen molar-refractivity contribution < 1.29 is 14.2 Å². The standard InChI is InChI=1S/C25H36ClN6O2/c1-4-5-6-7-8-12-32-21(27-23-22(32)24(33)29(3)25(34)28(23)2)18-30-13-15-31(16-14-30)20-11-9-10-19(26)17-20/h9-11,17,22H,4-8,12-16,18H2,1-3H3/q+1. The molecule has 3 heterocycles. The molecule has 0 aromatic heterocycles. The normalized spacial score (nSPS) is 21.5. The number of hydrogen-bond donors (Lipinski definition) is 0. The molecule has 1 aromatic rings. The van der Waals surface area contributed by atoms with Gasteiger partial charge in [-0.15, -0.1) is 0 Å². The van der Waals surface area contributed by atoms with E-state index in [-0.39, 0.29) is 11.9 Å². The maximum Gasteiger partial charge on any atom is 0.333 e. The van der Waals surface area contributed by atoms with E-state index < -0.39 is 6.04 Å². The third-order valence-corrected chi connectivity index (χ3v) is 7.26. The number of piperazine rings is 1. The summed E-state index contributed by atoms with van der Waals surface area (Å²) in [6, 6.07) is 7.17. The lowest BCUT2D eigenvalue weighted by Crippen LogP contribution is -2.61. The topological polar surface area (TPSA) is 62.5 Å². The number of aliphatic imine (C=N–C) groups is 1. The predicted octanol–water partition coefficient (Wildman–Crippen LogP) is 3.15. The summed E-state index contributed by atoms with van der Waals surface area (Å²) in [4.78, 5) is 37.9. The zero-order valence-electron chi connectivity index (χ0n) is 20.5. The van der Waals surface area contributed by atoms with Crippen molar-refractivity contribution in [2.45, 2.75) is 45.1 Å². The van der Waals surface area contributed by atoms with Gasteiger partial charge in [0.2, 0.25) is 0 Å². The van der Waals surface area contributed by atoms with Crippen LogP contribution in [0.3, 0.4) is 0 Å². The molecule has 9 heteroatoms. The van der Waals surface area contributed by atoms with E-state index in [1.807, 2.05) is 18.2 Å². The summed E-state index contributed by atoms with van der Waals surface area (Å²) in [5.41, 5.74) is 1.15. The van der Waals surface area contributed by atoms with Crippen LogP contribution in [-0.2, 0) is 4.79 Å². The molecule has 0 spiro atoms. The summed E-state index contributed by atoms with van der Waals surface area (Å²) in [5, 5.41) is 0.753. The molecule has 0 radical (unpaired) electrons. The maximum absolute atomic E-state index is 13.1.